The first-order chi connectivity index (χ1) is 12.6. The van der Waals surface area contributed by atoms with Crippen LogP contribution in [-0.2, 0) is 11.0 Å². The van der Waals surface area contributed by atoms with E-state index in [1.807, 2.05) is 0 Å². The van der Waals surface area contributed by atoms with Gasteiger partial charge in [0.15, 0.2) is 17.1 Å². The minimum Gasteiger partial charge on any atom is -0.481 e. The zero-order valence-corrected chi connectivity index (χ0v) is 13.5. The maximum atomic E-state index is 13.0. The van der Waals surface area contributed by atoms with Gasteiger partial charge in [0.1, 0.15) is 5.69 Å². The summed E-state index contributed by atoms with van der Waals surface area (Å²) in [5.41, 5.74) is -1.63. The van der Waals surface area contributed by atoms with E-state index in [0.717, 1.165) is 29.9 Å². The molecule has 0 aromatic carbocycles. The lowest BCUT2D eigenvalue weighted by atomic mass is 10.2. The topological polar surface area (TPSA) is 131 Å². The molecule has 0 unspecified atom stereocenters. The molecular weight excluding hydrogens is 373 g/mol. The Labute approximate surface area is 148 Å². The zero-order chi connectivity index (χ0) is 20.2. The van der Waals surface area contributed by atoms with Crippen molar-refractivity contribution >= 4 is 11.9 Å². The number of carbonyl (C=O) groups is 2. The van der Waals surface area contributed by atoms with E-state index < -0.39 is 29.8 Å². The predicted molar refractivity (Wildman–Crippen MR) is 82.1 cm³/mol. The number of aromatic nitrogens is 4. The van der Waals surface area contributed by atoms with Crippen molar-refractivity contribution in [2.75, 3.05) is 0 Å². The molecule has 0 aliphatic heterocycles. The SMILES string of the molecule is CC(=O)O.O=C(O)c1ccn(-c2nc(-c3ccco3)cc(C(F)(F)F)n2)n1. The maximum Gasteiger partial charge on any atom is 0.433 e. The van der Waals surface area contributed by atoms with Gasteiger partial charge in [-0.15, -0.1) is 0 Å². The monoisotopic (exact) mass is 384 g/mol. The number of carboxylic acids is 2. The third-order valence-corrected chi connectivity index (χ3v) is 2.79. The minimum absolute atomic E-state index is 0.0975. The first kappa shape index (κ1) is 19.6. The van der Waals surface area contributed by atoms with Gasteiger partial charge in [-0.1, -0.05) is 0 Å². The number of hydrogen-bond acceptors (Lipinski definition) is 6. The molecule has 0 amide bonds. The molecule has 0 atom stereocenters. The van der Waals surface area contributed by atoms with E-state index in [4.69, 9.17) is 19.4 Å². The van der Waals surface area contributed by atoms with Gasteiger partial charge in [0.2, 0.25) is 0 Å². The summed E-state index contributed by atoms with van der Waals surface area (Å²) >= 11 is 0. The largest absolute Gasteiger partial charge is 0.481 e. The van der Waals surface area contributed by atoms with Gasteiger partial charge in [-0.2, -0.15) is 18.3 Å². The Bertz CT molecular complexity index is 947. The van der Waals surface area contributed by atoms with Crippen molar-refractivity contribution in [3.63, 3.8) is 0 Å². The van der Waals surface area contributed by atoms with Gasteiger partial charge >= 0.3 is 12.1 Å². The molecule has 0 radical (unpaired) electrons. The van der Waals surface area contributed by atoms with Crippen molar-refractivity contribution in [1.29, 1.82) is 0 Å². The lowest BCUT2D eigenvalue weighted by Gasteiger charge is -2.09. The molecule has 27 heavy (non-hydrogen) atoms. The van der Waals surface area contributed by atoms with Gasteiger partial charge < -0.3 is 14.6 Å². The van der Waals surface area contributed by atoms with Crippen LogP contribution in [0.15, 0.2) is 41.1 Å². The fraction of sp³-hybridized carbons (Fsp3) is 0.133. The van der Waals surface area contributed by atoms with Gasteiger partial charge in [-0.05, 0) is 24.3 Å². The lowest BCUT2D eigenvalue weighted by Crippen LogP contribution is -2.13. The highest BCUT2D eigenvalue weighted by molar-refractivity contribution is 5.85. The van der Waals surface area contributed by atoms with Gasteiger partial charge in [-0.3, -0.25) is 4.79 Å². The molecule has 2 N–H and O–H groups in total. The molecule has 0 fully saturated rings. The molecule has 0 bridgehead atoms. The van der Waals surface area contributed by atoms with Crippen molar-refractivity contribution in [2.24, 2.45) is 0 Å². The molecule has 12 heteroatoms. The first-order valence-corrected chi connectivity index (χ1v) is 7.07. The van der Waals surface area contributed by atoms with Crippen LogP contribution in [0.25, 0.3) is 17.4 Å². The Hall–Kier alpha value is -3.70. The lowest BCUT2D eigenvalue weighted by molar-refractivity contribution is -0.141. The molecule has 3 aromatic heterocycles. The van der Waals surface area contributed by atoms with Crippen LogP contribution in [-0.4, -0.2) is 41.9 Å². The van der Waals surface area contributed by atoms with Gasteiger partial charge in [0.05, 0.1) is 6.26 Å². The quantitative estimate of drug-likeness (QED) is 0.705. The van der Waals surface area contributed by atoms with Crippen LogP contribution in [0.4, 0.5) is 13.2 Å². The molecule has 9 nitrogen and oxygen atoms in total. The average Bonchev–Trinajstić information content (AvgIpc) is 3.25. The molecule has 3 rings (SSSR count). The Kier molecular flexibility index (Phi) is 5.58. The Morgan fingerprint density at radius 2 is 1.85 bits per heavy atom. The first-order valence-electron chi connectivity index (χ1n) is 7.07. The standard InChI is InChI=1S/C13H7F3N4O3.C2H4O2/c14-13(15,16)10-6-8(9-2-1-5-23-9)17-12(18-10)20-4-3-7(19-20)11(21)22;1-2(3)4/h1-6H,(H,21,22);1H3,(H,3,4). The number of nitrogens with zero attached hydrogens (tertiary/aromatic N) is 4. The van der Waals surface area contributed by atoms with E-state index in [1.54, 1.807) is 0 Å². The average molecular weight is 384 g/mol. The molecule has 0 aliphatic carbocycles. The third kappa shape index (κ3) is 5.14. The fourth-order valence-electron chi connectivity index (χ4n) is 1.78. The summed E-state index contributed by atoms with van der Waals surface area (Å²) in [4.78, 5) is 27.1. The number of aliphatic carboxylic acids is 1. The van der Waals surface area contributed by atoms with Crippen LogP contribution in [0.2, 0.25) is 0 Å². The number of hydrogen-bond donors (Lipinski definition) is 2. The predicted octanol–water partition coefficient (Wildman–Crippen LogP) is 2.73. The number of rotatable bonds is 3. The fourth-order valence-corrected chi connectivity index (χ4v) is 1.78. The molecular formula is C15H11F3N4O5. The Balaban J connectivity index is 0.000000596. The smallest absolute Gasteiger partial charge is 0.433 e. The van der Waals surface area contributed by atoms with Crippen LogP contribution >= 0.6 is 0 Å². The number of carboxylic acid groups (broad SMARTS) is 2. The van der Waals surface area contributed by atoms with Crippen molar-refractivity contribution in [3.05, 3.63) is 48.1 Å². The van der Waals surface area contributed by atoms with Crippen LogP contribution in [0.1, 0.15) is 23.1 Å². The third-order valence-electron chi connectivity index (χ3n) is 2.79. The molecule has 142 valence electrons. The van der Waals surface area contributed by atoms with E-state index in [2.05, 4.69) is 15.1 Å². The van der Waals surface area contributed by atoms with Crippen LogP contribution in [0.3, 0.4) is 0 Å². The van der Waals surface area contributed by atoms with Crippen molar-refractivity contribution in [2.45, 2.75) is 13.1 Å². The molecule has 0 saturated heterocycles. The highest BCUT2D eigenvalue weighted by Crippen LogP contribution is 2.30. The number of aromatic carboxylic acids is 1. The van der Waals surface area contributed by atoms with Gasteiger partial charge in [0.25, 0.3) is 11.9 Å². The number of furan rings is 1. The molecule has 0 saturated carbocycles. The van der Waals surface area contributed by atoms with E-state index in [9.17, 15) is 18.0 Å². The zero-order valence-electron chi connectivity index (χ0n) is 13.5. The van der Waals surface area contributed by atoms with E-state index in [1.165, 1.54) is 18.4 Å². The van der Waals surface area contributed by atoms with Crippen molar-refractivity contribution in [1.82, 2.24) is 19.7 Å². The summed E-state index contributed by atoms with van der Waals surface area (Å²) < 4.78 is 44.9. The normalized spacial score (nSPS) is 10.8. The van der Waals surface area contributed by atoms with E-state index in [0.29, 0.717) is 0 Å². The summed E-state index contributed by atoms with van der Waals surface area (Å²) in [5, 5.41) is 19.9. The Morgan fingerprint density at radius 3 is 2.33 bits per heavy atom. The molecule has 0 aliphatic rings. The van der Waals surface area contributed by atoms with Crippen LogP contribution < -0.4 is 0 Å². The number of halogens is 3. The minimum atomic E-state index is -4.71. The van der Waals surface area contributed by atoms with Crippen molar-refractivity contribution in [3.8, 4) is 17.4 Å². The van der Waals surface area contributed by atoms with E-state index in [-0.39, 0.29) is 17.1 Å². The van der Waals surface area contributed by atoms with Gasteiger partial charge in [0, 0.05) is 13.1 Å². The maximum absolute atomic E-state index is 13.0. The summed E-state index contributed by atoms with van der Waals surface area (Å²) in [6.07, 6.45) is -2.26. The second-order valence-corrected chi connectivity index (χ2v) is 4.88. The summed E-state index contributed by atoms with van der Waals surface area (Å²) in [5.74, 6) is -2.45. The summed E-state index contributed by atoms with van der Waals surface area (Å²) in [6.45, 7) is 1.08. The highest BCUT2D eigenvalue weighted by atomic mass is 19.4. The molecule has 0 spiro atoms. The van der Waals surface area contributed by atoms with Gasteiger partial charge in [-0.25, -0.2) is 19.4 Å². The second kappa shape index (κ2) is 7.68. The van der Waals surface area contributed by atoms with Crippen LogP contribution in [0, 0.1) is 0 Å². The molecule has 3 heterocycles. The van der Waals surface area contributed by atoms with Crippen LogP contribution in [0.5, 0.6) is 0 Å². The number of alkyl halides is 3. The van der Waals surface area contributed by atoms with E-state index >= 15 is 0 Å². The van der Waals surface area contributed by atoms with Crippen molar-refractivity contribution < 1.29 is 37.4 Å². The highest BCUT2D eigenvalue weighted by Gasteiger charge is 2.34. The summed E-state index contributed by atoms with van der Waals surface area (Å²) in [6, 6.07) is 4.81. The summed E-state index contributed by atoms with van der Waals surface area (Å²) in [7, 11) is 0. The molecule has 3 aromatic rings. The second-order valence-electron chi connectivity index (χ2n) is 4.88. The Morgan fingerprint density at radius 1 is 1.19 bits per heavy atom.